The number of methoxy groups -OCH3 is 1. The van der Waals surface area contributed by atoms with Crippen molar-refractivity contribution in [3.05, 3.63) is 12.4 Å². The average Bonchev–Trinajstić information content (AvgIpc) is 3.55. The number of aromatic nitrogens is 4. The molecule has 14 heteroatoms. The lowest BCUT2D eigenvalue weighted by molar-refractivity contribution is -0.159. The maximum absolute atomic E-state index is 13.6. The van der Waals surface area contributed by atoms with E-state index in [1.54, 1.807) is 4.57 Å². The van der Waals surface area contributed by atoms with Crippen LogP contribution >= 0.6 is 0 Å². The van der Waals surface area contributed by atoms with Crippen molar-refractivity contribution in [1.82, 2.24) is 19.5 Å². The first-order valence-corrected chi connectivity index (χ1v) is 18.2. The third-order valence-corrected chi connectivity index (χ3v) is 7.70. The lowest BCUT2D eigenvalue weighted by atomic mass is 10.0. The molecule has 2 unspecified atom stereocenters. The van der Waals surface area contributed by atoms with Crippen molar-refractivity contribution in [2.24, 2.45) is 0 Å². The first kappa shape index (κ1) is 46.9. The van der Waals surface area contributed by atoms with Crippen LogP contribution in [0.5, 0.6) is 0 Å². The number of rotatable bonds is 24. The normalized spacial score (nSPS) is 12.2. The van der Waals surface area contributed by atoms with E-state index < -0.39 is 29.7 Å². The van der Waals surface area contributed by atoms with Crippen LogP contribution in [0, 0.1) is 18.4 Å². The minimum atomic E-state index is -1.26. The second-order valence-corrected chi connectivity index (χ2v) is 11.6. The van der Waals surface area contributed by atoms with Crippen molar-refractivity contribution in [2.75, 3.05) is 26.1 Å². The van der Waals surface area contributed by atoms with Crippen molar-refractivity contribution in [3.8, 4) is 12.3 Å². The first-order valence-electron chi connectivity index (χ1n) is 18.2. The highest BCUT2D eigenvalue weighted by molar-refractivity contribution is 5.81. The number of carbonyl (C=O) groups is 4. The maximum Gasteiger partial charge on any atom is 0.312 e. The quantitative estimate of drug-likeness (QED) is 0.0304. The summed E-state index contributed by atoms with van der Waals surface area (Å²) in [5, 5.41) is 0. The fourth-order valence-corrected chi connectivity index (χ4v) is 4.54. The number of halogens is 1. The van der Waals surface area contributed by atoms with Crippen molar-refractivity contribution in [1.29, 1.82) is 0 Å². The van der Waals surface area contributed by atoms with E-state index in [4.69, 9.17) is 31.1 Å². The fourth-order valence-electron chi connectivity index (χ4n) is 4.54. The summed E-state index contributed by atoms with van der Waals surface area (Å²) in [5.74, 6) is 1.08. The summed E-state index contributed by atoms with van der Waals surface area (Å²) in [6, 6.07) is 0. The summed E-state index contributed by atoms with van der Waals surface area (Å²) in [6.45, 7) is 10.1. The zero-order valence-corrected chi connectivity index (χ0v) is 31.5. The second-order valence-electron chi connectivity index (χ2n) is 11.6. The number of nitrogens with two attached hydrogens (primary N) is 1. The standard InChI is InChI=1S/C28H40FN5O7.C7H14O.C2H6/c1-5-8-9-10-12-21(35)39-17-20(6-2)41-23(37)14-11-13-22(36)40-18-28(7-3,38-4)15-16-34-19-31-24-25(30)32-27(29)33-26(24)34;1-2-3-4-5-6-7-8;1-2/h3,19-20H,5-6,8-18H2,1-2,4H3,(H2,30,32,33);7H,2-6H2,1H3;1-2H3. The molecule has 0 spiro atoms. The van der Waals surface area contributed by atoms with Crippen molar-refractivity contribution in [3.63, 3.8) is 0 Å². The van der Waals surface area contributed by atoms with Gasteiger partial charge in [-0.25, -0.2) is 4.98 Å². The van der Waals surface area contributed by atoms with Crippen LogP contribution in [0.15, 0.2) is 6.33 Å². The molecule has 2 rings (SSSR count). The molecule has 51 heavy (non-hydrogen) atoms. The molecule has 0 aliphatic carbocycles. The van der Waals surface area contributed by atoms with Gasteiger partial charge in [-0.2, -0.15) is 14.4 Å². The number of terminal acetylenes is 1. The van der Waals surface area contributed by atoms with Gasteiger partial charge in [0.25, 0.3) is 0 Å². The van der Waals surface area contributed by atoms with Crippen LogP contribution in [0.4, 0.5) is 10.2 Å². The number of esters is 3. The molecule has 13 nitrogen and oxygen atoms in total. The highest BCUT2D eigenvalue weighted by Gasteiger charge is 2.30. The van der Waals surface area contributed by atoms with Crippen molar-refractivity contribution in [2.45, 2.75) is 149 Å². The highest BCUT2D eigenvalue weighted by atomic mass is 19.1. The lowest BCUT2D eigenvalue weighted by Crippen LogP contribution is -2.37. The lowest BCUT2D eigenvalue weighted by Gasteiger charge is -2.26. The molecule has 2 atom stereocenters. The minimum absolute atomic E-state index is 0.00360. The number of hydrogen-bond acceptors (Lipinski definition) is 12. The molecule has 0 aliphatic rings. The summed E-state index contributed by atoms with van der Waals surface area (Å²) in [5.41, 5.74) is 4.89. The number of nitrogen functional groups attached to an aromatic ring is 1. The summed E-state index contributed by atoms with van der Waals surface area (Å²) in [4.78, 5) is 57.4. The highest BCUT2D eigenvalue weighted by Crippen LogP contribution is 2.21. The molecule has 0 fully saturated rings. The second kappa shape index (κ2) is 28.6. The van der Waals surface area contributed by atoms with E-state index in [9.17, 15) is 23.6 Å². The predicted molar refractivity (Wildman–Crippen MR) is 194 cm³/mol. The van der Waals surface area contributed by atoms with Gasteiger partial charge in [0.2, 0.25) is 0 Å². The molecule has 0 radical (unpaired) electrons. The Morgan fingerprint density at radius 1 is 0.961 bits per heavy atom. The van der Waals surface area contributed by atoms with Crippen LogP contribution in [0.1, 0.15) is 131 Å². The zero-order valence-electron chi connectivity index (χ0n) is 31.5. The molecule has 0 bridgehead atoms. The Hall–Kier alpha value is -4.12. The summed E-state index contributed by atoms with van der Waals surface area (Å²) < 4.78 is 36.6. The van der Waals surface area contributed by atoms with Gasteiger partial charge in [-0.1, -0.05) is 79.1 Å². The molecule has 0 aromatic carbocycles. The Morgan fingerprint density at radius 3 is 2.20 bits per heavy atom. The van der Waals surface area contributed by atoms with Crippen LogP contribution in [-0.4, -0.2) is 75.7 Å². The molecular weight excluding hydrogens is 661 g/mol. The van der Waals surface area contributed by atoms with Crippen molar-refractivity contribution >= 4 is 41.2 Å². The number of carbonyl (C=O) groups excluding carboxylic acids is 4. The third kappa shape index (κ3) is 19.7. The Labute approximate surface area is 302 Å². The Bertz CT molecular complexity index is 1330. The van der Waals surface area contributed by atoms with Gasteiger partial charge in [-0.15, -0.1) is 6.42 Å². The van der Waals surface area contributed by atoms with Gasteiger partial charge >= 0.3 is 24.0 Å². The Balaban J connectivity index is 0.00000219. The van der Waals surface area contributed by atoms with Gasteiger partial charge in [0.1, 0.15) is 31.1 Å². The SMILES string of the molecule is C#CC(CCn1cnc2c(N)nc(F)nc21)(COC(=O)CCCC(=O)OC(CC)COC(=O)CCCCCC)OC.CC.CCCCCCC=O. The smallest absolute Gasteiger partial charge is 0.312 e. The fraction of sp³-hybridized carbons (Fsp3) is 0.703. The molecule has 2 heterocycles. The van der Waals surface area contributed by atoms with Gasteiger partial charge in [-0.3, -0.25) is 14.4 Å². The number of anilines is 1. The summed E-state index contributed by atoms with van der Waals surface area (Å²) in [6.07, 6.45) is 17.3. The van der Waals surface area contributed by atoms with Crippen LogP contribution in [0.25, 0.3) is 11.2 Å². The molecular formula is C37H60FN5O8. The topological polar surface area (TPSA) is 175 Å². The van der Waals surface area contributed by atoms with Crippen molar-refractivity contribution < 1.29 is 42.5 Å². The molecule has 0 aliphatic heterocycles. The Morgan fingerprint density at radius 2 is 1.59 bits per heavy atom. The average molecular weight is 722 g/mol. The van der Waals surface area contributed by atoms with E-state index in [1.165, 1.54) is 32.7 Å². The van der Waals surface area contributed by atoms with Crippen LogP contribution in [-0.2, 0) is 44.7 Å². The van der Waals surface area contributed by atoms with E-state index in [-0.39, 0.29) is 68.4 Å². The number of unbranched alkanes of at least 4 members (excludes halogenated alkanes) is 7. The van der Waals surface area contributed by atoms with E-state index in [0.29, 0.717) is 12.8 Å². The Kier molecular flexibility index (Phi) is 26.3. The monoisotopic (exact) mass is 721 g/mol. The number of fused-ring (bicyclic) bond motifs is 1. The number of imidazole rings is 1. The molecule has 288 valence electrons. The largest absolute Gasteiger partial charge is 0.462 e. The number of ether oxygens (including phenoxy) is 4. The van der Waals surface area contributed by atoms with E-state index in [1.807, 2.05) is 20.8 Å². The predicted octanol–water partition coefficient (Wildman–Crippen LogP) is 6.69. The number of aldehydes is 1. The zero-order chi connectivity index (χ0) is 38.5. The van der Waals surface area contributed by atoms with Gasteiger partial charge in [0.05, 0.1) is 6.33 Å². The van der Waals surface area contributed by atoms with Crippen LogP contribution < -0.4 is 5.73 Å². The van der Waals surface area contributed by atoms with E-state index in [2.05, 4.69) is 34.7 Å². The summed E-state index contributed by atoms with van der Waals surface area (Å²) >= 11 is 0. The first-order chi connectivity index (χ1) is 24.6. The van der Waals surface area contributed by atoms with Crippen LogP contribution in [0.2, 0.25) is 0 Å². The van der Waals surface area contributed by atoms with Crippen LogP contribution in [0.3, 0.4) is 0 Å². The molecule has 0 saturated heterocycles. The number of nitrogens with zero attached hydrogens (tertiary/aromatic N) is 4. The van der Waals surface area contributed by atoms with Gasteiger partial charge in [0.15, 0.2) is 17.1 Å². The van der Waals surface area contributed by atoms with E-state index in [0.717, 1.165) is 44.8 Å². The minimum Gasteiger partial charge on any atom is -0.462 e. The third-order valence-electron chi connectivity index (χ3n) is 7.70. The van der Waals surface area contributed by atoms with E-state index >= 15 is 0 Å². The molecule has 0 saturated carbocycles. The summed E-state index contributed by atoms with van der Waals surface area (Å²) in [7, 11) is 1.39. The molecule has 2 N–H and O–H groups in total. The molecule has 2 aromatic rings. The van der Waals surface area contributed by atoms with Gasteiger partial charge in [0, 0.05) is 45.8 Å². The number of aryl methyl sites for hydroxylation is 1. The van der Waals surface area contributed by atoms with Gasteiger partial charge < -0.3 is 34.0 Å². The molecule has 2 aromatic heterocycles. The molecule has 0 amide bonds. The number of hydrogen-bond donors (Lipinski definition) is 1. The van der Waals surface area contributed by atoms with Gasteiger partial charge in [-0.05, 0) is 25.7 Å². The maximum atomic E-state index is 13.6.